The number of hydrogen-bond acceptors (Lipinski definition) is 5. The maximum absolute atomic E-state index is 13.0. The van der Waals surface area contributed by atoms with Crippen molar-refractivity contribution in [3.05, 3.63) is 96.2 Å². The van der Waals surface area contributed by atoms with Crippen molar-refractivity contribution in [2.75, 3.05) is 18.2 Å². The largest absolute Gasteiger partial charge is 0.461 e. The first-order valence-electron chi connectivity index (χ1n) is 10.5. The number of carbonyl (C=O) groups is 2. The van der Waals surface area contributed by atoms with Crippen LogP contribution in [0.25, 0.3) is 16.8 Å². The fourth-order valence-electron chi connectivity index (χ4n) is 3.45. The van der Waals surface area contributed by atoms with Crippen molar-refractivity contribution in [1.29, 1.82) is 0 Å². The molecule has 1 amide bonds. The molecule has 0 atom stereocenters. The van der Waals surface area contributed by atoms with Crippen LogP contribution in [0.2, 0.25) is 0 Å². The number of nitrogens with one attached hydrogen (secondary N) is 1. The van der Waals surface area contributed by atoms with Crippen LogP contribution in [-0.2, 0) is 4.74 Å². The van der Waals surface area contributed by atoms with Crippen LogP contribution in [-0.4, -0.2) is 34.3 Å². The fourth-order valence-corrected chi connectivity index (χ4v) is 4.01. The summed E-state index contributed by atoms with van der Waals surface area (Å²) in [6.45, 7) is 1.95. The molecule has 7 heteroatoms. The van der Waals surface area contributed by atoms with Gasteiger partial charge in [0.2, 0.25) is 0 Å². The Morgan fingerprint density at radius 2 is 1.52 bits per heavy atom. The lowest BCUT2D eigenvalue weighted by molar-refractivity contribution is 0.0517. The molecule has 0 unspecified atom stereocenters. The zero-order valence-electron chi connectivity index (χ0n) is 18.3. The summed E-state index contributed by atoms with van der Waals surface area (Å²) >= 11 is 1.38. The van der Waals surface area contributed by atoms with Gasteiger partial charge in [-0.1, -0.05) is 72.4 Å². The van der Waals surface area contributed by atoms with Crippen molar-refractivity contribution in [3.8, 4) is 16.8 Å². The maximum atomic E-state index is 13.0. The van der Waals surface area contributed by atoms with Crippen molar-refractivity contribution in [2.24, 2.45) is 0 Å². The van der Waals surface area contributed by atoms with Crippen LogP contribution in [0.4, 0.5) is 5.82 Å². The Kier molecular flexibility index (Phi) is 6.90. The van der Waals surface area contributed by atoms with E-state index in [1.165, 1.54) is 11.8 Å². The highest BCUT2D eigenvalue weighted by Crippen LogP contribution is 2.29. The molecule has 166 valence electrons. The molecular weight excluding hydrogens is 434 g/mol. The number of anilines is 1. The number of rotatable bonds is 7. The van der Waals surface area contributed by atoms with E-state index in [2.05, 4.69) is 10.3 Å². The molecular formula is C26H23N3O3S. The Bertz CT molecular complexity index is 1250. The lowest BCUT2D eigenvalue weighted by Gasteiger charge is -2.11. The van der Waals surface area contributed by atoms with Crippen LogP contribution in [0, 0.1) is 0 Å². The molecule has 33 heavy (non-hydrogen) atoms. The van der Waals surface area contributed by atoms with E-state index in [0.717, 1.165) is 16.8 Å². The third-order valence-corrected chi connectivity index (χ3v) is 5.64. The molecule has 4 rings (SSSR count). The second-order valence-corrected chi connectivity index (χ2v) is 7.86. The molecule has 6 nitrogen and oxygen atoms in total. The predicted molar refractivity (Wildman–Crippen MR) is 131 cm³/mol. The number of aromatic nitrogens is 2. The molecule has 0 fully saturated rings. The monoisotopic (exact) mass is 457 g/mol. The highest BCUT2D eigenvalue weighted by Gasteiger charge is 2.26. The Morgan fingerprint density at radius 3 is 2.12 bits per heavy atom. The smallest absolute Gasteiger partial charge is 0.359 e. The zero-order chi connectivity index (χ0) is 23.2. The minimum atomic E-state index is -0.552. The number of para-hydroxylation sites is 1. The summed E-state index contributed by atoms with van der Waals surface area (Å²) in [5, 5.41) is 3.37. The van der Waals surface area contributed by atoms with E-state index >= 15 is 0 Å². The second kappa shape index (κ2) is 10.2. The molecule has 0 saturated heterocycles. The summed E-state index contributed by atoms with van der Waals surface area (Å²) in [4.78, 5) is 30.4. The molecule has 0 aliphatic rings. The maximum Gasteiger partial charge on any atom is 0.359 e. The van der Waals surface area contributed by atoms with Gasteiger partial charge in [0, 0.05) is 11.3 Å². The van der Waals surface area contributed by atoms with Crippen molar-refractivity contribution in [2.45, 2.75) is 12.1 Å². The van der Waals surface area contributed by atoms with E-state index in [0.29, 0.717) is 10.7 Å². The quantitative estimate of drug-likeness (QED) is 0.285. The van der Waals surface area contributed by atoms with Crippen LogP contribution >= 0.6 is 11.8 Å². The summed E-state index contributed by atoms with van der Waals surface area (Å²) in [6, 6.07) is 26.6. The molecule has 1 N–H and O–H groups in total. The zero-order valence-corrected chi connectivity index (χ0v) is 19.1. The molecule has 0 radical (unpaired) electrons. The predicted octanol–water partition coefficient (Wildman–Crippen LogP) is 5.69. The number of carbonyl (C=O) groups excluding carboxylic acids is 2. The van der Waals surface area contributed by atoms with Gasteiger partial charge in [-0.3, -0.25) is 9.36 Å². The third kappa shape index (κ3) is 4.83. The molecule has 4 aromatic rings. The topological polar surface area (TPSA) is 73.2 Å². The first-order chi connectivity index (χ1) is 16.1. The van der Waals surface area contributed by atoms with Gasteiger partial charge in [0.05, 0.1) is 6.61 Å². The number of esters is 1. The van der Waals surface area contributed by atoms with E-state index in [9.17, 15) is 9.59 Å². The van der Waals surface area contributed by atoms with Gasteiger partial charge in [-0.15, -0.1) is 0 Å². The number of nitrogens with zero attached hydrogens (tertiary/aromatic N) is 2. The lowest BCUT2D eigenvalue weighted by atomic mass is 10.0. The summed E-state index contributed by atoms with van der Waals surface area (Å²) in [5.41, 5.74) is 3.48. The molecule has 1 aromatic heterocycles. The van der Waals surface area contributed by atoms with Crippen LogP contribution < -0.4 is 5.32 Å². The summed E-state index contributed by atoms with van der Waals surface area (Å²) in [7, 11) is 0. The number of ether oxygens (including phenoxy) is 1. The highest BCUT2D eigenvalue weighted by molar-refractivity contribution is 7.98. The number of amides is 1. The van der Waals surface area contributed by atoms with Gasteiger partial charge in [0.15, 0.2) is 16.7 Å². The summed E-state index contributed by atoms with van der Waals surface area (Å²) < 4.78 is 6.99. The molecule has 0 aliphatic carbocycles. The molecule has 0 spiro atoms. The van der Waals surface area contributed by atoms with Gasteiger partial charge in [-0.25, -0.2) is 9.78 Å². The highest BCUT2D eigenvalue weighted by atomic mass is 32.2. The minimum absolute atomic E-state index is 0.166. The Balaban J connectivity index is 1.68. The van der Waals surface area contributed by atoms with Crippen LogP contribution in [0.3, 0.4) is 0 Å². The molecule has 0 bridgehead atoms. The fraction of sp³-hybridized carbons (Fsp3) is 0.115. The van der Waals surface area contributed by atoms with Crippen LogP contribution in [0.5, 0.6) is 0 Å². The third-order valence-electron chi connectivity index (χ3n) is 5.00. The summed E-state index contributed by atoms with van der Waals surface area (Å²) in [5.74, 6) is -0.742. The van der Waals surface area contributed by atoms with Crippen molar-refractivity contribution in [3.63, 3.8) is 0 Å². The average molecular weight is 458 g/mol. The van der Waals surface area contributed by atoms with Crippen molar-refractivity contribution >= 4 is 29.5 Å². The van der Waals surface area contributed by atoms with Gasteiger partial charge in [-0.05, 0) is 48.6 Å². The van der Waals surface area contributed by atoms with E-state index < -0.39 is 5.97 Å². The van der Waals surface area contributed by atoms with E-state index in [1.807, 2.05) is 79.1 Å². The molecule has 1 heterocycles. The van der Waals surface area contributed by atoms with E-state index in [-0.39, 0.29) is 24.0 Å². The summed E-state index contributed by atoms with van der Waals surface area (Å²) in [6.07, 6.45) is 1.87. The minimum Gasteiger partial charge on any atom is -0.461 e. The number of benzene rings is 3. The molecule has 0 aliphatic heterocycles. The van der Waals surface area contributed by atoms with Crippen LogP contribution in [0.15, 0.2) is 90.1 Å². The van der Waals surface area contributed by atoms with Crippen molar-refractivity contribution < 1.29 is 14.3 Å². The average Bonchev–Trinajstić information content (AvgIpc) is 3.23. The number of imidazole rings is 1. The SMILES string of the molecule is CCOC(=O)c1c(NC(=O)c2ccc(-c3ccccc3)cc2)nc(SC)n1-c1ccccc1. The normalized spacial score (nSPS) is 10.6. The molecule has 3 aromatic carbocycles. The Hall–Kier alpha value is -3.84. The first kappa shape index (κ1) is 22.4. The number of thioether (sulfide) groups is 1. The van der Waals surface area contributed by atoms with E-state index in [1.54, 1.807) is 23.6 Å². The second-order valence-electron chi connectivity index (χ2n) is 7.08. The lowest BCUT2D eigenvalue weighted by Crippen LogP contribution is -2.18. The van der Waals surface area contributed by atoms with Gasteiger partial charge in [0.1, 0.15) is 0 Å². The number of hydrogen-bond donors (Lipinski definition) is 1. The van der Waals surface area contributed by atoms with E-state index in [4.69, 9.17) is 4.74 Å². The van der Waals surface area contributed by atoms with Gasteiger partial charge >= 0.3 is 5.97 Å². The van der Waals surface area contributed by atoms with Gasteiger partial charge in [-0.2, -0.15) is 0 Å². The standard InChI is InChI=1S/C26H23N3O3S/c1-3-32-25(31)22-23(28-26(33-2)29(22)21-12-8-5-9-13-21)27-24(30)20-16-14-19(15-17-20)18-10-6-4-7-11-18/h4-17H,3H2,1-2H3,(H,27,30). The van der Waals surface area contributed by atoms with Crippen molar-refractivity contribution in [1.82, 2.24) is 9.55 Å². The first-order valence-corrected chi connectivity index (χ1v) is 11.7. The Morgan fingerprint density at radius 1 is 0.909 bits per heavy atom. The van der Waals surface area contributed by atoms with Gasteiger partial charge in [0.25, 0.3) is 5.91 Å². The van der Waals surface area contributed by atoms with Gasteiger partial charge < -0.3 is 10.1 Å². The van der Waals surface area contributed by atoms with Crippen LogP contribution in [0.1, 0.15) is 27.8 Å². The Labute approximate surface area is 196 Å². The molecule has 0 saturated carbocycles.